The van der Waals surface area contributed by atoms with E-state index in [0.717, 1.165) is 12.1 Å². The molecular weight excluding hydrogens is 344 g/mol. The molecule has 1 atom stereocenters. The van der Waals surface area contributed by atoms with Gasteiger partial charge in [-0.1, -0.05) is 30.3 Å². The van der Waals surface area contributed by atoms with Crippen LogP contribution in [0.15, 0.2) is 48.5 Å². The summed E-state index contributed by atoms with van der Waals surface area (Å²) in [5, 5.41) is 0. The number of benzene rings is 2. The van der Waals surface area contributed by atoms with Crippen LogP contribution >= 0.6 is 0 Å². The Bertz CT molecular complexity index is 771. The van der Waals surface area contributed by atoms with Crippen molar-refractivity contribution in [3.8, 4) is 0 Å². The van der Waals surface area contributed by atoms with Crippen LogP contribution in [0.25, 0.3) is 0 Å². The Morgan fingerprint density at radius 1 is 1.00 bits per heavy atom. The third-order valence-electron chi connectivity index (χ3n) is 3.97. The van der Waals surface area contributed by atoms with Gasteiger partial charge in [-0.25, -0.2) is 13.6 Å². The number of carbonyl (C=O) groups excluding carboxylic acids is 2. The zero-order chi connectivity index (χ0) is 18.5. The van der Waals surface area contributed by atoms with Crippen LogP contribution in [0.2, 0.25) is 0 Å². The van der Waals surface area contributed by atoms with Gasteiger partial charge in [0.1, 0.15) is 11.6 Å². The number of halogens is 2. The van der Waals surface area contributed by atoms with Gasteiger partial charge in [-0.15, -0.1) is 0 Å². The van der Waals surface area contributed by atoms with E-state index in [2.05, 4.69) is 0 Å². The number of hydrogen-bond acceptors (Lipinski definition) is 4. The molecule has 136 valence electrons. The van der Waals surface area contributed by atoms with Crippen molar-refractivity contribution in [1.82, 2.24) is 4.90 Å². The molecule has 0 N–H and O–H groups in total. The van der Waals surface area contributed by atoms with Crippen molar-refractivity contribution in [3.05, 3.63) is 71.3 Å². The molecule has 0 saturated carbocycles. The summed E-state index contributed by atoms with van der Waals surface area (Å²) in [5.41, 5.74) is 0.187. The first kappa shape index (κ1) is 18.0. The number of morpholine rings is 1. The molecule has 0 bridgehead atoms. The molecule has 2 aromatic carbocycles. The van der Waals surface area contributed by atoms with Gasteiger partial charge < -0.3 is 14.4 Å². The lowest BCUT2D eigenvalue weighted by Gasteiger charge is -2.30. The minimum Gasteiger partial charge on any atom is -0.444 e. The number of rotatable bonds is 4. The summed E-state index contributed by atoms with van der Waals surface area (Å²) in [7, 11) is 0. The molecule has 0 aromatic heterocycles. The first-order chi connectivity index (χ1) is 12.5. The van der Waals surface area contributed by atoms with Crippen molar-refractivity contribution in [2.45, 2.75) is 6.10 Å². The zero-order valence-corrected chi connectivity index (χ0v) is 13.9. The van der Waals surface area contributed by atoms with Crippen LogP contribution in [0.4, 0.5) is 8.78 Å². The largest absolute Gasteiger partial charge is 0.444 e. The van der Waals surface area contributed by atoms with Gasteiger partial charge in [-0.05, 0) is 12.1 Å². The minimum atomic E-state index is -1.20. The van der Waals surface area contributed by atoms with Crippen LogP contribution < -0.4 is 0 Å². The van der Waals surface area contributed by atoms with Crippen LogP contribution in [-0.2, 0) is 14.3 Å². The minimum absolute atomic E-state index is 0.293. The summed E-state index contributed by atoms with van der Waals surface area (Å²) in [6, 6.07) is 10.9. The van der Waals surface area contributed by atoms with E-state index in [4.69, 9.17) is 9.47 Å². The maximum absolute atomic E-state index is 13.4. The highest BCUT2D eigenvalue weighted by molar-refractivity contribution is 5.92. The van der Waals surface area contributed by atoms with Crippen molar-refractivity contribution in [2.24, 2.45) is 0 Å². The summed E-state index contributed by atoms with van der Waals surface area (Å²) in [6.07, 6.45) is -1.20. The molecule has 0 radical (unpaired) electrons. The fraction of sp³-hybridized carbons (Fsp3) is 0.263. The molecule has 0 spiro atoms. The third-order valence-corrected chi connectivity index (χ3v) is 3.97. The predicted octanol–water partition coefficient (Wildman–Crippen LogP) is 2.72. The van der Waals surface area contributed by atoms with E-state index in [-0.39, 0.29) is 5.56 Å². The maximum atomic E-state index is 13.4. The molecule has 1 aliphatic rings. The lowest BCUT2D eigenvalue weighted by molar-refractivity contribution is -0.145. The van der Waals surface area contributed by atoms with Crippen LogP contribution in [0.5, 0.6) is 0 Å². The normalized spacial score (nSPS) is 15.4. The van der Waals surface area contributed by atoms with Crippen molar-refractivity contribution < 1.29 is 27.8 Å². The van der Waals surface area contributed by atoms with E-state index in [1.165, 1.54) is 0 Å². The van der Waals surface area contributed by atoms with Crippen molar-refractivity contribution in [3.63, 3.8) is 0 Å². The Morgan fingerprint density at radius 2 is 1.62 bits per heavy atom. The molecule has 1 fully saturated rings. The third kappa shape index (κ3) is 4.23. The summed E-state index contributed by atoms with van der Waals surface area (Å²) in [6.45, 7) is 1.56. The standard InChI is InChI=1S/C19H17F2NO4/c20-15-10-14(11-16(21)12-15)19(24)26-17(13-4-2-1-3-5-13)18(23)22-6-8-25-9-7-22/h1-5,10-12,17H,6-9H2/t17-/m0/s1. The quantitative estimate of drug-likeness (QED) is 0.786. The first-order valence-electron chi connectivity index (χ1n) is 8.13. The molecule has 0 aliphatic carbocycles. The second-order valence-electron chi connectivity index (χ2n) is 5.79. The smallest absolute Gasteiger partial charge is 0.339 e. The Balaban J connectivity index is 1.85. The monoisotopic (exact) mass is 361 g/mol. The summed E-state index contributed by atoms with van der Waals surface area (Å²) in [5.74, 6) is -3.16. The SMILES string of the molecule is O=C(O[C@H](C(=O)N1CCOCC1)c1ccccc1)c1cc(F)cc(F)c1. The van der Waals surface area contributed by atoms with E-state index < -0.39 is 29.6 Å². The number of nitrogens with zero attached hydrogens (tertiary/aromatic N) is 1. The summed E-state index contributed by atoms with van der Waals surface area (Å²) in [4.78, 5) is 26.8. The second-order valence-corrected chi connectivity index (χ2v) is 5.79. The number of hydrogen-bond donors (Lipinski definition) is 0. The molecule has 0 unspecified atom stereocenters. The molecule has 1 aliphatic heterocycles. The fourth-order valence-corrected chi connectivity index (χ4v) is 2.69. The van der Waals surface area contributed by atoms with Gasteiger partial charge in [-0.3, -0.25) is 4.79 Å². The van der Waals surface area contributed by atoms with Gasteiger partial charge in [0.15, 0.2) is 0 Å². The molecule has 1 heterocycles. The van der Waals surface area contributed by atoms with E-state index in [1.54, 1.807) is 35.2 Å². The Hall–Kier alpha value is -2.80. The van der Waals surface area contributed by atoms with Crippen LogP contribution in [0.1, 0.15) is 22.0 Å². The first-order valence-corrected chi connectivity index (χ1v) is 8.13. The molecule has 5 nitrogen and oxygen atoms in total. The molecule has 1 saturated heterocycles. The highest BCUT2D eigenvalue weighted by Gasteiger charge is 2.31. The van der Waals surface area contributed by atoms with E-state index >= 15 is 0 Å². The number of carbonyl (C=O) groups is 2. The number of ether oxygens (including phenoxy) is 2. The number of amides is 1. The van der Waals surface area contributed by atoms with Crippen molar-refractivity contribution in [1.29, 1.82) is 0 Å². The van der Waals surface area contributed by atoms with Gasteiger partial charge in [0.2, 0.25) is 6.10 Å². The van der Waals surface area contributed by atoms with Gasteiger partial charge in [0.05, 0.1) is 18.8 Å². The molecule has 1 amide bonds. The van der Waals surface area contributed by atoms with Crippen molar-refractivity contribution in [2.75, 3.05) is 26.3 Å². The van der Waals surface area contributed by atoms with E-state index in [0.29, 0.717) is 37.9 Å². The Kier molecular flexibility index (Phi) is 5.58. The lowest BCUT2D eigenvalue weighted by Crippen LogP contribution is -2.44. The van der Waals surface area contributed by atoms with Crippen LogP contribution in [0.3, 0.4) is 0 Å². The van der Waals surface area contributed by atoms with Gasteiger partial charge in [0.25, 0.3) is 5.91 Å². The summed E-state index contributed by atoms with van der Waals surface area (Å²) < 4.78 is 37.3. The van der Waals surface area contributed by atoms with Crippen molar-refractivity contribution >= 4 is 11.9 Å². The zero-order valence-electron chi connectivity index (χ0n) is 13.9. The Labute approximate surface area is 149 Å². The van der Waals surface area contributed by atoms with E-state index in [1.807, 2.05) is 0 Å². The molecule has 3 rings (SSSR count). The molecule has 26 heavy (non-hydrogen) atoms. The topological polar surface area (TPSA) is 55.8 Å². The highest BCUT2D eigenvalue weighted by atomic mass is 19.1. The average molecular weight is 361 g/mol. The van der Waals surface area contributed by atoms with E-state index in [9.17, 15) is 18.4 Å². The Morgan fingerprint density at radius 3 is 2.23 bits per heavy atom. The maximum Gasteiger partial charge on any atom is 0.339 e. The van der Waals surface area contributed by atoms with Gasteiger partial charge in [-0.2, -0.15) is 0 Å². The number of esters is 1. The van der Waals surface area contributed by atoms with Gasteiger partial charge >= 0.3 is 5.97 Å². The average Bonchev–Trinajstić information content (AvgIpc) is 2.66. The van der Waals surface area contributed by atoms with Gasteiger partial charge in [0, 0.05) is 24.7 Å². The molecule has 2 aromatic rings. The summed E-state index contributed by atoms with van der Waals surface area (Å²) >= 11 is 0. The highest BCUT2D eigenvalue weighted by Crippen LogP contribution is 2.23. The van der Waals surface area contributed by atoms with Crippen LogP contribution in [0, 0.1) is 11.6 Å². The molecule has 7 heteroatoms. The van der Waals surface area contributed by atoms with Crippen LogP contribution in [-0.4, -0.2) is 43.1 Å². The molecular formula is C19H17F2NO4. The predicted molar refractivity (Wildman–Crippen MR) is 88.4 cm³/mol. The fourth-order valence-electron chi connectivity index (χ4n) is 2.69. The lowest BCUT2D eigenvalue weighted by atomic mass is 10.1. The second kappa shape index (κ2) is 8.05.